The SMILES string of the molecule is COc1ccc(NC(N)=NCCCCCCSC)cc1. The highest BCUT2D eigenvalue weighted by atomic mass is 32.2. The van der Waals surface area contributed by atoms with E-state index in [9.17, 15) is 0 Å². The molecule has 0 atom stereocenters. The third-order valence-corrected chi connectivity index (χ3v) is 3.60. The number of nitrogens with two attached hydrogens (primary N) is 1. The molecule has 1 rings (SSSR count). The van der Waals surface area contributed by atoms with Gasteiger partial charge in [0.05, 0.1) is 7.11 Å². The van der Waals surface area contributed by atoms with E-state index in [1.165, 1.54) is 25.0 Å². The van der Waals surface area contributed by atoms with Crippen LogP contribution in [0, 0.1) is 0 Å². The largest absolute Gasteiger partial charge is 0.497 e. The summed E-state index contributed by atoms with van der Waals surface area (Å²) in [5.74, 6) is 2.56. The zero-order valence-corrected chi connectivity index (χ0v) is 13.2. The standard InChI is InChI=1S/C15H25N3OS/c1-19-14-9-7-13(8-10-14)18-15(16)17-11-5-3-4-6-12-20-2/h7-10H,3-6,11-12H2,1-2H3,(H3,16,17,18). The van der Waals surface area contributed by atoms with Gasteiger partial charge < -0.3 is 15.8 Å². The second-order valence-electron chi connectivity index (χ2n) is 4.53. The van der Waals surface area contributed by atoms with Gasteiger partial charge in [-0.3, -0.25) is 4.99 Å². The lowest BCUT2D eigenvalue weighted by Gasteiger charge is -2.06. The smallest absolute Gasteiger partial charge is 0.193 e. The number of thioether (sulfide) groups is 1. The number of nitrogens with one attached hydrogen (secondary N) is 1. The van der Waals surface area contributed by atoms with Gasteiger partial charge in [0, 0.05) is 12.2 Å². The molecule has 0 heterocycles. The Labute approximate surface area is 126 Å². The number of aliphatic imine (C=N–C) groups is 1. The van der Waals surface area contributed by atoms with E-state index in [2.05, 4.69) is 16.6 Å². The lowest BCUT2D eigenvalue weighted by molar-refractivity contribution is 0.415. The fraction of sp³-hybridized carbons (Fsp3) is 0.533. The molecule has 0 aliphatic rings. The van der Waals surface area contributed by atoms with Gasteiger partial charge in [-0.1, -0.05) is 12.8 Å². The lowest BCUT2D eigenvalue weighted by Crippen LogP contribution is -2.22. The molecule has 0 aliphatic carbocycles. The molecule has 4 nitrogen and oxygen atoms in total. The van der Waals surface area contributed by atoms with E-state index in [1.54, 1.807) is 7.11 Å². The first-order chi connectivity index (χ1) is 9.76. The van der Waals surface area contributed by atoms with Crippen molar-refractivity contribution in [1.29, 1.82) is 0 Å². The molecule has 0 unspecified atom stereocenters. The Hall–Kier alpha value is -1.36. The number of benzene rings is 1. The van der Waals surface area contributed by atoms with Crippen molar-refractivity contribution < 1.29 is 4.74 Å². The van der Waals surface area contributed by atoms with Gasteiger partial charge in [-0.25, -0.2) is 0 Å². The number of hydrogen-bond donors (Lipinski definition) is 2. The van der Waals surface area contributed by atoms with Gasteiger partial charge in [-0.2, -0.15) is 11.8 Å². The minimum absolute atomic E-state index is 0.472. The van der Waals surface area contributed by atoms with Crippen LogP contribution in [0.5, 0.6) is 5.75 Å². The fourth-order valence-electron chi connectivity index (χ4n) is 1.77. The van der Waals surface area contributed by atoms with Crippen molar-refractivity contribution in [2.24, 2.45) is 10.7 Å². The minimum Gasteiger partial charge on any atom is -0.497 e. The molecule has 0 radical (unpaired) electrons. The van der Waals surface area contributed by atoms with E-state index < -0.39 is 0 Å². The van der Waals surface area contributed by atoms with E-state index in [4.69, 9.17) is 10.5 Å². The van der Waals surface area contributed by atoms with Crippen molar-refractivity contribution in [3.05, 3.63) is 24.3 Å². The van der Waals surface area contributed by atoms with Crippen LogP contribution >= 0.6 is 11.8 Å². The summed E-state index contributed by atoms with van der Waals surface area (Å²) >= 11 is 1.91. The van der Waals surface area contributed by atoms with Gasteiger partial charge in [0.15, 0.2) is 5.96 Å². The lowest BCUT2D eigenvalue weighted by atomic mass is 10.2. The summed E-state index contributed by atoms with van der Waals surface area (Å²) in [7, 11) is 1.65. The molecular weight excluding hydrogens is 270 g/mol. The summed E-state index contributed by atoms with van der Waals surface area (Å²) in [6.07, 6.45) is 7.04. The third-order valence-electron chi connectivity index (χ3n) is 2.90. The maximum Gasteiger partial charge on any atom is 0.193 e. The van der Waals surface area contributed by atoms with Crippen LogP contribution in [0.25, 0.3) is 0 Å². The van der Waals surface area contributed by atoms with Crippen molar-refractivity contribution >= 4 is 23.4 Å². The second-order valence-corrected chi connectivity index (χ2v) is 5.51. The van der Waals surface area contributed by atoms with Crippen LogP contribution in [0.3, 0.4) is 0 Å². The average molecular weight is 295 g/mol. The van der Waals surface area contributed by atoms with E-state index in [0.717, 1.165) is 24.4 Å². The predicted octanol–water partition coefficient (Wildman–Crippen LogP) is 3.35. The first kappa shape index (κ1) is 16.7. The molecule has 5 heteroatoms. The number of hydrogen-bond acceptors (Lipinski definition) is 3. The molecule has 0 spiro atoms. The van der Waals surface area contributed by atoms with Crippen LogP contribution in [0.4, 0.5) is 5.69 Å². The Morgan fingerprint density at radius 1 is 1.20 bits per heavy atom. The van der Waals surface area contributed by atoms with Crippen LogP contribution in [-0.2, 0) is 0 Å². The monoisotopic (exact) mass is 295 g/mol. The highest BCUT2D eigenvalue weighted by Gasteiger charge is 1.96. The molecule has 0 saturated carbocycles. The Bertz CT molecular complexity index is 393. The summed E-state index contributed by atoms with van der Waals surface area (Å²) in [5, 5.41) is 3.07. The van der Waals surface area contributed by atoms with Gasteiger partial charge in [0.1, 0.15) is 5.75 Å². The van der Waals surface area contributed by atoms with Gasteiger partial charge in [0.25, 0.3) is 0 Å². The van der Waals surface area contributed by atoms with Crippen molar-refractivity contribution in [3.63, 3.8) is 0 Å². The first-order valence-corrected chi connectivity index (χ1v) is 8.35. The van der Waals surface area contributed by atoms with E-state index in [1.807, 2.05) is 36.0 Å². The molecule has 0 fully saturated rings. The van der Waals surface area contributed by atoms with E-state index in [-0.39, 0.29) is 0 Å². The average Bonchev–Trinajstić information content (AvgIpc) is 2.47. The number of rotatable bonds is 9. The van der Waals surface area contributed by atoms with Crippen LogP contribution in [0.2, 0.25) is 0 Å². The van der Waals surface area contributed by atoms with Gasteiger partial charge in [-0.05, 0) is 49.1 Å². The molecule has 1 aromatic carbocycles. The van der Waals surface area contributed by atoms with Crippen molar-refractivity contribution in [2.45, 2.75) is 25.7 Å². The van der Waals surface area contributed by atoms with Gasteiger partial charge in [0.2, 0.25) is 0 Å². The van der Waals surface area contributed by atoms with Crippen molar-refractivity contribution in [3.8, 4) is 5.75 Å². The number of anilines is 1. The van der Waals surface area contributed by atoms with Crippen LogP contribution in [0.15, 0.2) is 29.3 Å². The zero-order chi connectivity index (χ0) is 14.6. The molecule has 0 amide bonds. The molecular formula is C15H25N3OS. The summed E-state index contributed by atoms with van der Waals surface area (Å²) < 4.78 is 5.10. The van der Waals surface area contributed by atoms with Crippen molar-refractivity contribution in [2.75, 3.05) is 31.0 Å². The van der Waals surface area contributed by atoms with E-state index in [0.29, 0.717) is 5.96 Å². The third kappa shape index (κ3) is 7.28. The highest BCUT2D eigenvalue weighted by Crippen LogP contribution is 2.14. The van der Waals surface area contributed by atoms with Gasteiger partial charge >= 0.3 is 0 Å². The second kappa shape index (κ2) is 10.4. The fourth-order valence-corrected chi connectivity index (χ4v) is 2.27. The number of methoxy groups -OCH3 is 1. The molecule has 0 aromatic heterocycles. The molecule has 0 saturated heterocycles. The quantitative estimate of drug-likeness (QED) is 0.417. The van der Waals surface area contributed by atoms with E-state index >= 15 is 0 Å². The van der Waals surface area contributed by atoms with Crippen molar-refractivity contribution in [1.82, 2.24) is 0 Å². The number of guanidine groups is 1. The Morgan fingerprint density at radius 2 is 1.90 bits per heavy atom. The summed E-state index contributed by atoms with van der Waals surface area (Å²) in [4.78, 5) is 4.33. The number of nitrogens with zero attached hydrogens (tertiary/aromatic N) is 1. The molecule has 3 N–H and O–H groups in total. The summed E-state index contributed by atoms with van der Waals surface area (Å²) in [6, 6.07) is 7.62. The number of unbranched alkanes of at least 4 members (excludes halogenated alkanes) is 3. The summed E-state index contributed by atoms with van der Waals surface area (Å²) in [6.45, 7) is 0.786. The molecule has 20 heavy (non-hydrogen) atoms. The maximum absolute atomic E-state index is 5.84. The normalized spacial score (nSPS) is 11.4. The Balaban J connectivity index is 2.20. The van der Waals surface area contributed by atoms with Crippen LogP contribution in [-0.4, -0.2) is 31.6 Å². The number of ether oxygens (including phenoxy) is 1. The minimum atomic E-state index is 0.472. The molecule has 0 aliphatic heterocycles. The van der Waals surface area contributed by atoms with Gasteiger partial charge in [-0.15, -0.1) is 0 Å². The Morgan fingerprint density at radius 3 is 2.55 bits per heavy atom. The van der Waals surface area contributed by atoms with Crippen LogP contribution < -0.4 is 15.8 Å². The molecule has 1 aromatic rings. The predicted molar refractivity (Wildman–Crippen MR) is 90.0 cm³/mol. The highest BCUT2D eigenvalue weighted by molar-refractivity contribution is 7.98. The molecule has 112 valence electrons. The summed E-state index contributed by atoms with van der Waals surface area (Å²) in [5.41, 5.74) is 6.77. The first-order valence-electron chi connectivity index (χ1n) is 6.96. The zero-order valence-electron chi connectivity index (χ0n) is 12.4. The maximum atomic E-state index is 5.84. The topological polar surface area (TPSA) is 59.6 Å². The molecule has 0 bridgehead atoms. The Kier molecular flexibility index (Phi) is 8.71. The van der Waals surface area contributed by atoms with Crippen LogP contribution in [0.1, 0.15) is 25.7 Å².